The van der Waals surface area contributed by atoms with Gasteiger partial charge in [-0.25, -0.2) is 0 Å². The largest absolute Gasteiger partial charge is 0.0945 e. The third-order valence-electron chi connectivity index (χ3n) is 2.22. The predicted octanol–water partition coefficient (Wildman–Crippen LogP) is 3.06. The molecule has 0 amide bonds. The van der Waals surface area contributed by atoms with Crippen LogP contribution in [-0.4, -0.2) is 0 Å². The first-order valence-electron chi connectivity index (χ1n) is 4.84. The van der Waals surface area contributed by atoms with Crippen molar-refractivity contribution in [3.63, 3.8) is 0 Å². The van der Waals surface area contributed by atoms with Gasteiger partial charge < -0.3 is 0 Å². The van der Waals surface area contributed by atoms with E-state index in [0.29, 0.717) is 5.92 Å². The number of hydrogen-bond acceptors (Lipinski definition) is 0. The Balaban J connectivity index is 2.25. The highest BCUT2D eigenvalue weighted by Crippen LogP contribution is 2.27. The zero-order chi connectivity index (χ0) is 9.26. The van der Waals surface area contributed by atoms with Crippen molar-refractivity contribution in [1.82, 2.24) is 0 Å². The fraction of sp³-hybridized carbons (Fsp3) is 0.385. The lowest BCUT2D eigenvalue weighted by Gasteiger charge is -1.97. The van der Waals surface area contributed by atoms with Gasteiger partial charge in [-0.05, 0) is 49.9 Å². The zero-order valence-corrected chi connectivity index (χ0v) is 8.22. The third-order valence-corrected chi connectivity index (χ3v) is 2.22. The van der Waals surface area contributed by atoms with E-state index in [9.17, 15) is 0 Å². The molecular formula is C13H14. The molecule has 0 aromatic heterocycles. The van der Waals surface area contributed by atoms with Crippen LogP contribution in [0.1, 0.15) is 29.5 Å². The Bertz CT molecular complexity index is 353. The number of benzene rings is 1. The highest BCUT2D eigenvalue weighted by Gasteiger charge is 2.17. The maximum absolute atomic E-state index is 3.28. The summed E-state index contributed by atoms with van der Waals surface area (Å²) in [7, 11) is 0. The summed E-state index contributed by atoms with van der Waals surface area (Å²) < 4.78 is 0. The van der Waals surface area contributed by atoms with Crippen LogP contribution in [0.15, 0.2) is 18.2 Å². The molecule has 1 aromatic rings. The second kappa shape index (κ2) is 3.26. The van der Waals surface area contributed by atoms with E-state index in [4.69, 9.17) is 0 Å². The standard InChI is InChI=1S/C13H14/c1-10-7-11(2)9-13(8-10)6-5-12-3-4-12/h7-9,12H,3-4H2,1-2H3. The second-order valence-corrected chi connectivity index (χ2v) is 3.92. The van der Waals surface area contributed by atoms with E-state index in [0.717, 1.165) is 0 Å². The minimum Gasteiger partial charge on any atom is -0.0945 e. The van der Waals surface area contributed by atoms with E-state index >= 15 is 0 Å². The lowest BCUT2D eigenvalue weighted by Crippen LogP contribution is -1.81. The average Bonchev–Trinajstić information content (AvgIpc) is 2.81. The van der Waals surface area contributed by atoms with Crippen molar-refractivity contribution in [3.05, 3.63) is 34.9 Å². The molecule has 0 bridgehead atoms. The molecule has 0 unspecified atom stereocenters. The van der Waals surface area contributed by atoms with E-state index in [2.05, 4.69) is 43.9 Å². The highest BCUT2D eigenvalue weighted by atomic mass is 14.2. The Kier molecular flexibility index (Phi) is 2.10. The van der Waals surface area contributed by atoms with Crippen molar-refractivity contribution >= 4 is 0 Å². The summed E-state index contributed by atoms with van der Waals surface area (Å²) in [6, 6.07) is 6.49. The number of hydrogen-bond donors (Lipinski definition) is 0. The Morgan fingerprint density at radius 1 is 1.08 bits per heavy atom. The molecule has 0 saturated heterocycles. The van der Waals surface area contributed by atoms with E-state index in [1.807, 2.05) is 0 Å². The minimum absolute atomic E-state index is 0.695. The normalized spacial score (nSPS) is 14.9. The van der Waals surface area contributed by atoms with Crippen LogP contribution in [0, 0.1) is 31.6 Å². The molecule has 1 aromatic carbocycles. The van der Waals surface area contributed by atoms with Gasteiger partial charge in [-0.15, -0.1) is 0 Å². The van der Waals surface area contributed by atoms with Crippen LogP contribution >= 0.6 is 0 Å². The first kappa shape index (κ1) is 8.38. The second-order valence-electron chi connectivity index (χ2n) is 3.92. The molecule has 1 fully saturated rings. The lowest BCUT2D eigenvalue weighted by atomic mass is 10.1. The van der Waals surface area contributed by atoms with Gasteiger partial charge in [-0.1, -0.05) is 17.9 Å². The maximum Gasteiger partial charge on any atom is 0.0250 e. The van der Waals surface area contributed by atoms with Crippen molar-refractivity contribution in [1.29, 1.82) is 0 Å². The Morgan fingerprint density at radius 2 is 1.69 bits per heavy atom. The third kappa shape index (κ3) is 2.36. The van der Waals surface area contributed by atoms with Crippen LogP contribution in [0.3, 0.4) is 0 Å². The van der Waals surface area contributed by atoms with Crippen molar-refractivity contribution in [2.45, 2.75) is 26.7 Å². The van der Waals surface area contributed by atoms with Crippen LogP contribution in [-0.2, 0) is 0 Å². The summed E-state index contributed by atoms with van der Waals surface area (Å²) in [5.41, 5.74) is 3.78. The smallest absolute Gasteiger partial charge is 0.0250 e. The number of rotatable bonds is 0. The van der Waals surface area contributed by atoms with Gasteiger partial charge in [0.2, 0.25) is 0 Å². The average molecular weight is 170 g/mol. The molecular weight excluding hydrogens is 156 g/mol. The molecule has 0 radical (unpaired) electrons. The Morgan fingerprint density at radius 3 is 2.23 bits per heavy atom. The van der Waals surface area contributed by atoms with Gasteiger partial charge in [0, 0.05) is 11.5 Å². The Hall–Kier alpha value is -1.22. The first-order chi connectivity index (χ1) is 6.24. The van der Waals surface area contributed by atoms with Gasteiger partial charge in [-0.2, -0.15) is 0 Å². The summed E-state index contributed by atoms with van der Waals surface area (Å²) in [6.45, 7) is 4.24. The molecule has 13 heavy (non-hydrogen) atoms. The van der Waals surface area contributed by atoms with Crippen LogP contribution in [0.2, 0.25) is 0 Å². The summed E-state index contributed by atoms with van der Waals surface area (Å²) in [5.74, 6) is 7.21. The lowest BCUT2D eigenvalue weighted by molar-refractivity contribution is 1.18. The molecule has 0 aliphatic heterocycles. The fourth-order valence-electron chi connectivity index (χ4n) is 1.46. The molecule has 0 N–H and O–H groups in total. The van der Waals surface area contributed by atoms with Crippen LogP contribution in [0.4, 0.5) is 0 Å². The van der Waals surface area contributed by atoms with Crippen molar-refractivity contribution in [3.8, 4) is 11.8 Å². The van der Waals surface area contributed by atoms with Gasteiger partial charge in [-0.3, -0.25) is 0 Å². The van der Waals surface area contributed by atoms with E-state index in [1.165, 1.54) is 29.5 Å². The summed E-state index contributed by atoms with van der Waals surface area (Å²) in [4.78, 5) is 0. The summed E-state index contributed by atoms with van der Waals surface area (Å²) in [6.07, 6.45) is 2.61. The fourth-order valence-corrected chi connectivity index (χ4v) is 1.46. The summed E-state index contributed by atoms with van der Waals surface area (Å²) >= 11 is 0. The first-order valence-corrected chi connectivity index (χ1v) is 4.84. The van der Waals surface area contributed by atoms with E-state index in [1.54, 1.807) is 0 Å². The molecule has 0 atom stereocenters. The van der Waals surface area contributed by atoms with Crippen molar-refractivity contribution in [2.24, 2.45) is 5.92 Å². The molecule has 1 aliphatic carbocycles. The molecule has 0 heterocycles. The van der Waals surface area contributed by atoms with Crippen molar-refractivity contribution in [2.75, 3.05) is 0 Å². The minimum atomic E-state index is 0.695. The van der Waals surface area contributed by atoms with Crippen LogP contribution < -0.4 is 0 Å². The molecule has 2 rings (SSSR count). The van der Waals surface area contributed by atoms with Crippen molar-refractivity contribution < 1.29 is 0 Å². The summed E-state index contributed by atoms with van der Waals surface area (Å²) in [5, 5.41) is 0. The quantitative estimate of drug-likeness (QED) is 0.525. The maximum atomic E-state index is 3.28. The van der Waals surface area contributed by atoms with Gasteiger partial charge in [0.1, 0.15) is 0 Å². The molecule has 0 nitrogen and oxygen atoms in total. The van der Waals surface area contributed by atoms with Crippen LogP contribution in [0.5, 0.6) is 0 Å². The van der Waals surface area contributed by atoms with Crippen LogP contribution in [0.25, 0.3) is 0 Å². The molecule has 1 saturated carbocycles. The highest BCUT2D eigenvalue weighted by molar-refractivity contribution is 5.40. The topological polar surface area (TPSA) is 0 Å². The van der Waals surface area contributed by atoms with E-state index in [-0.39, 0.29) is 0 Å². The monoisotopic (exact) mass is 170 g/mol. The van der Waals surface area contributed by atoms with Gasteiger partial charge in [0.15, 0.2) is 0 Å². The number of aryl methyl sites for hydroxylation is 2. The van der Waals surface area contributed by atoms with Gasteiger partial charge in [0.05, 0.1) is 0 Å². The molecule has 0 heteroatoms. The van der Waals surface area contributed by atoms with Gasteiger partial charge >= 0.3 is 0 Å². The molecule has 66 valence electrons. The van der Waals surface area contributed by atoms with E-state index < -0.39 is 0 Å². The Labute approximate surface area is 80.0 Å². The molecule has 0 spiro atoms. The zero-order valence-electron chi connectivity index (χ0n) is 8.22. The molecule has 1 aliphatic rings. The SMILES string of the molecule is Cc1cc(C)cc(C#CC2CC2)c1. The predicted molar refractivity (Wildman–Crippen MR) is 55.5 cm³/mol. The van der Waals surface area contributed by atoms with Gasteiger partial charge in [0.25, 0.3) is 0 Å².